The Morgan fingerprint density at radius 2 is 1.89 bits per heavy atom. The molecule has 0 aromatic rings. The van der Waals surface area contributed by atoms with Crippen LogP contribution in [-0.4, -0.2) is 35.7 Å². The van der Waals surface area contributed by atoms with Crippen molar-refractivity contribution in [1.29, 1.82) is 0 Å². The SMILES string of the molecule is CCCCOC(C)C(=O)N[C@@H](CC(C)C)C(=O)O. The zero-order valence-corrected chi connectivity index (χ0v) is 11.7. The summed E-state index contributed by atoms with van der Waals surface area (Å²) in [5.41, 5.74) is 0. The second-order valence-electron chi connectivity index (χ2n) is 4.90. The van der Waals surface area contributed by atoms with Crippen molar-refractivity contribution in [3.8, 4) is 0 Å². The van der Waals surface area contributed by atoms with Crippen molar-refractivity contribution in [2.45, 2.75) is 59.1 Å². The molecule has 0 radical (unpaired) electrons. The van der Waals surface area contributed by atoms with Crippen LogP contribution < -0.4 is 5.32 Å². The van der Waals surface area contributed by atoms with Crippen LogP contribution in [0, 0.1) is 5.92 Å². The number of hydrogen-bond donors (Lipinski definition) is 2. The highest BCUT2D eigenvalue weighted by atomic mass is 16.5. The zero-order chi connectivity index (χ0) is 14.1. The highest BCUT2D eigenvalue weighted by molar-refractivity contribution is 5.86. The van der Waals surface area contributed by atoms with E-state index in [1.807, 2.05) is 20.8 Å². The van der Waals surface area contributed by atoms with Gasteiger partial charge in [-0.2, -0.15) is 0 Å². The Morgan fingerprint density at radius 3 is 2.33 bits per heavy atom. The van der Waals surface area contributed by atoms with Gasteiger partial charge >= 0.3 is 5.97 Å². The maximum Gasteiger partial charge on any atom is 0.326 e. The maximum absolute atomic E-state index is 11.7. The van der Waals surface area contributed by atoms with Crippen molar-refractivity contribution >= 4 is 11.9 Å². The molecule has 106 valence electrons. The molecular formula is C13H25NO4. The number of nitrogens with one attached hydrogen (secondary N) is 1. The van der Waals surface area contributed by atoms with Gasteiger partial charge in [-0.1, -0.05) is 27.2 Å². The molecule has 0 fully saturated rings. The maximum atomic E-state index is 11.7. The number of carboxylic acid groups (broad SMARTS) is 1. The summed E-state index contributed by atoms with van der Waals surface area (Å²) in [7, 11) is 0. The van der Waals surface area contributed by atoms with E-state index in [9.17, 15) is 9.59 Å². The monoisotopic (exact) mass is 259 g/mol. The van der Waals surface area contributed by atoms with Crippen LogP contribution in [0.1, 0.15) is 47.0 Å². The Balaban J connectivity index is 4.19. The Bertz CT molecular complexity index is 266. The van der Waals surface area contributed by atoms with Crippen molar-refractivity contribution in [2.24, 2.45) is 5.92 Å². The Kier molecular flexibility index (Phi) is 8.37. The number of hydrogen-bond acceptors (Lipinski definition) is 3. The summed E-state index contributed by atoms with van der Waals surface area (Å²) in [6.45, 7) is 8.04. The third-order valence-electron chi connectivity index (χ3n) is 2.56. The second kappa shape index (κ2) is 8.91. The first-order valence-corrected chi connectivity index (χ1v) is 6.53. The summed E-state index contributed by atoms with van der Waals surface area (Å²) in [6, 6.07) is -0.838. The van der Waals surface area contributed by atoms with Gasteiger partial charge in [-0.15, -0.1) is 0 Å². The minimum Gasteiger partial charge on any atom is -0.480 e. The average molecular weight is 259 g/mol. The van der Waals surface area contributed by atoms with Crippen LogP contribution in [0.4, 0.5) is 0 Å². The molecular weight excluding hydrogens is 234 g/mol. The predicted molar refractivity (Wildman–Crippen MR) is 69.3 cm³/mol. The molecule has 1 unspecified atom stereocenters. The van der Waals surface area contributed by atoms with E-state index in [-0.39, 0.29) is 11.8 Å². The molecule has 1 amide bonds. The summed E-state index contributed by atoms with van der Waals surface area (Å²) >= 11 is 0. The molecule has 2 N–H and O–H groups in total. The first kappa shape index (κ1) is 16.9. The van der Waals surface area contributed by atoms with Crippen LogP contribution in [-0.2, 0) is 14.3 Å². The molecule has 0 aliphatic heterocycles. The van der Waals surface area contributed by atoms with Gasteiger partial charge in [0.2, 0.25) is 5.91 Å². The molecule has 0 heterocycles. The molecule has 0 aliphatic rings. The van der Waals surface area contributed by atoms with E-state index in [0.717, 1.165) is 12.8 Å². The van der Waals surface area contributed by atoms with Gasteiger partial charge in [0.15, 0.2) is 0 Å². The highest BCUT2D eigenvalue weighted by Gasteiger charge is 2.23. The van der Waals surface area contributed by atoms with E-state index in [2.05, 4.69) is 5.32 Å². The average Bonchev–Trinajstić information content (AvgIpc) is 2.27. The van der Waals surface area contributed by atoms with Crippen molar-refractivity contribution in [3.05, 3.63) is 0 Å². The van der Waals surface area contributed by atoms with Gasteiger partial charge in [-0.05, 0) is 25.7 Å². The lowest BCUT2D eigenvalue weighted by molar-refractivity contribution is -0.144. The molecule has 0 bridgehead atoms. The van der Waals surface area contributed by atoms with Gasteiger partial charge in [0.25, 0.3) is 0 Å². The van der Waals surface area contributed by atoms with Crippen molar-refractivity contribution in [2.75, 3.05) is 6.61 Å². The van der Waals surface area contributed by atoms with E-state index in [4.69, 9.17) is 9.84 Å². The van der Waals surface area contributed by atoms with Gasteiger partial charge in [-0.25, -0.2) is 4.79 Å². The molecule has 5 heteroatoms. The van der Waals surface area contributed by atoms with Crippen LogP contribution in [0.5, 0.6) is 0 Å². The third-order valence-corrected chi connectivity index (χ3v) is 2.56. The molecule has 2 atom stereocenters. The van der Waals surface area contributed by atoms with Gasteiger partial charge in [0.1, 0.15) is 12.1 Å². The lowest BCUT2D eigenvalue weighted by Crippen LogP contribution is -2.46. The number of rotatable bonds is 9. The summed E-state index contributed by atoms with van der Waals surface area (Å²) in [6.07, 6.45) is 1.71. The Morgan fingerprint density at radius 1 is 1.28 bits per heavy atom. The van der Waals surface area contributed by atoms with E-state index < -0.39 is 18.1 Å². The summed E-state index contributed by atoms with van der Waals surface area (Å²) in [5.74, 6) is -1.15. The molecule has 0 saturated heterocycles. The first-order valence-electron chi connectivity index (χ1n) is 6.53. The molecule has 0 rings (SSSR count). The van der Waals surface area contributed by atoms with Crippen molar-refractivity contribution in [3.63, 3.8) is 0 Å². The van der Waals surface area contributed by atoms with Crippen LogP contribution in [0.2, 0.25) is 0 Å². The van der Waals surface area contributed by atoms with Gasteiger partial charge in [0, 0.05) is 6.61 Å². The molecule has 5 nitrogen and oxygen atoms in total. The number of unbranched alkanes of at least 4 members (excludes halogenated alkanes) is 1. The lowest BCUT2D eigenvalue weighted by Gasteiger charge is -2.19. The van der Waals surface area contributed by atoms with Crippen LogP contribution >= 0.6 is 0 Å². The fraction of sp³-hybridized carbons (Fsp3) is 0.846. The van der Waals surface area contributed by atoms with Gasteiger partial charge < -0.3 is 15.2 Å². The predicted octanol–water partition coefficient (Wildman–Crippen LogP) is 1.81. The largest absolute Gasteiger partial charge is 0.480 e. The molecule has 0 aromatic heterocycles. The molecule has 0 spiro atoms. The number of carbonyl (C=O) groups is 2. The molecule has 0 saturated carbocycles. The zero-order valence-electron chi connectivity index (χ0n) is 11.7. The lowest BCUT2D eigenvalue weighted by atomic mass is 10.0. The quantitative estimate of drug-likeness (QED) is 0.619. The number of carbonyl (C=O) groups excluding carboxylic acids is 1. The number of ether oxygens (including phenoxy) is 1. The van der Waals surface area contributed by atoms with E-state index in [1.165, 1.54) is 0 Å². The van der Waals surface area contributed by atoms with Crippen molar-refractivity contribution in [1.82, 2.24) is 5.32 Å². The number of carboxylic acids is 1. The first-order chi connectivity index (χ1) is 8.38. The van der Waals surface area contributed by atoms with Crippen molar-refractivity contribution < 1.29 is 19.4 Å². The van der Waals surface area contributed by atoms with Crippen LogP contribution in [0.3, 0.4) is 0 Å². The number of amides is 1. The minimum atomic E-state index is -1.00. The third kappa shape index (κ3) is 7.27. The normalized spacial score (nSPS) is 14.3. The van der Waals surface area contributed by atoms with E-state index in [0.29, 0.717) is 13.0 Å². The van der Waals surface area contributed by atoms with Crippen LogP contribution in [0.25, 0.3) is 0 Å². The topological polar surface area (TPSA) is 75.6 Å². The summed E-state index contributed by atoms with van der Waals surface area (Å²) < 4.78 is 5.32. The minimum absolute atomic E-state index is 0.211. The fourth-order valence-electron chi connectivity index (χ4n) is 1.46. The fourth-order valence-corrected chi connectivity index (χ4v) is 1.46. The molecule has 18 heavy (non-hydrogen) atoms. The van der Waals surface area contributed by atoms with E-state index in [1.54, 1.807) is 6.92 Å². The Labute approximate surface area is 109 Å². The summed E-state index contributed by atoms with van der Waals surface area (Å²) in [4.78, 5) is 22.7. The van der Waals surface area contributed by atoms with Gasteiger partial charge in [-0.3, -0.25) is 4.79 Å². The van der Waals surface area contributed by atoms with Crippen LogP contribution in [0.15, 0.2) is 0 Å². The smallest absolute Gasteiger partial charge is 0.326 e. The van der Waals surface area contributed by atoms with Gasteiger partial charge in [0.05, 0.1) is 0 Å². The molecule has 0 aliphatic carbocycles. The standard InChI is InChI=1S/C13H25NO4/c1-5-6-7-18-10(4)12(15)14-11(13(16)17)8-9(2)3/h9-11H,5-8H2,1-4H3,(H,14,15)(H,16,17)/t10?,11-/m0/s1. The second-order valence-corrected chi connectivity index (χ2v) is 4.90. The molecule has 0 aromatic carbocycles. The number of aliphatic carboxylic acids is 1. The Hall–Kier alpha value is -1.10. The van der Waals surface area contributed by atoms with E-state index >= 15 is 0 Å². The summed E-state index contributed by atoms with van der Waals surface area (Å²) in [5, 5.41) is 11.5. The highest BCUT2D eigenvalue weighted by Crippen LogP contribution is 2.06.